The van der Waals surface area contributed by atoms with E-state index in [0.717, 1.165) is 31.8 Å². The van der Waals surface area contributed by atoms with Crippen molar-refractivity contribution in [2.24, 2.45) is 5.92 Å². The summed E-state index contributed by atoms with van der Waals surface area (Å²) in [6.45, 7) is 9.08. The lowest BCUT2D eigenvalue weighted by Gasteiger charge is -2.27. The predicted octanol–water partition coefficient (Wildman–Crippen LogP) is 3.71. The van der Waals surface area contributed by atoms with E-state index in [1.807, 2.05) is 31.2 Å². The first-order chi connectivity index (χ1) is 14.4. The molecule has 0 aliphatic carbocycles. The number of rotatable bonds is 13. The van der Waals surface area contributed by atoms with Crippen LogP contribution < -0.4 is 4.74 Å². The van der Waals surface area contributed by atoms with E-state index in [4.69, 9.17) is 9.47 Å². The van der Waals surface area contributed by atoms with Crippen LogP contribution >= 0.6 is 0 Å². The Hall–Kier alpha value is -2.31. The van der Waals surface area contributed by atoms with Crippen LogP contribution in [-0.4, -0.2) is 53.5 Å². The van der Waals surface area contributed by atoms with Crippen molar-refractivity contribution in [1.29, 1.82) is 0 Å². The van der Waals surface area contributed by atoms with E-state index in [2.05, 4.69) is 41.6 Å². The Kier molecular flexibility index (Phi) is 9.91. The van der Waals surface area contributed by atoms with Gasteiger partial charge in [-0.05, 0) is 42.2 Å². The Bertz CT molecular complexity index is 772. The summed E-state index contributed by atoms with van der Waals surface area (Å²) in [4.78, 5) is 13.8. The summed E-state index contributed by atoms with van der Waals surface area (Å²) in [7, 11) is 1.68. The van der Waals surface area contributed by atoms with Gasteiger partial charge in [-0.2, -0.15) is 0 Å². The van der Waals surface area contributed by atoms with Crippen molar-refractivity contribution in [2.75, 3.05) is 26.8 Å². The molecule has 166 valence electrons. The summed E-state index contributed by atoms with van der Waals surface area (Å²) in [5, 5.41) is 10.4. The van der Waals surface area contributed by atoms with E-state index in [-0.39, 0.29) is 12.6 Å². The fourth-order valence-electron chi connectivity index (χ4n) is 3.48. The van der Waals surface area contributed by atoms with E-state index in [1.165, 1.54) is 11.3 Å². The van der Waals surface area contributed by atoms with Gasteiger partial charge >= 0.3 is 5.97 Å². The number of hydrogen-bond donors (Lipinski definition) is 1. The number of carbonyl (C=O) groups is 1. The number of benzene rings is 1. The lowest BCUT2D eigenvalue weighted by Crippen LogP contribution is -2.37. The van der Waals surface area contributed by atoms with Gasteiger partial charge in [0.2, 0.25) is 0 Å². The molecule has 30 heavy (non-hydrogen) atoms. The largest absolute Gasteiger partial charge is 0.497 e. The molecule has 0 spiro atoms. The highest BCUT2D eigenvalue weighted by atomic mass is 16.5. The zero-order valence-electron chi connectivity index (χ0n) is 18.7. The Labute approximate surface area is 180 Å². The standard InChI is InChI=1S/C24H36N2O4/c1-5-8-24(28)30-18-22(27)17-25(14-19(2)3)16-21-10-7-12-26(21)15-20-9-6-11-23(13-20)29-4/h6-7,9-13,19,22,27H,5,8,14-18H2,1-4H3. The molecule has 0 saturated carbocycles. The van der Waals surface area contributed by atoms with Crippen LogP contribution in [0, 0.1) is 5.92 Å². The Balaban J connectivity index is 2.00. The van der Waals surface area contributed by atoms with Crippen molar-refractivity contribution in [2.45, 2.75) is 52.8 Å². The maximum atomic E-state index is 11.6. The topological polar surface area (TPSA) is 63.9 Å². The molecule has 2 aromatic rings. The van der Waals surface area contributed by atoms with E-state index >= 15 is 0 Å². The minimum Gasteiger partial charge on any atom is -0.497 e. The van der Waals surface area contributed by atoms with E-state index in [9.17, 15) is 9.90 Å². The summed E-state index contributed by atoms with van der Waals surface area (Å²) < 4.78 is 12.7. The van der Waals surface area contributed by atoms with E-state index in [0.29, 0.717) is 18.9 Å². The molecule has 0 saturated heterocycles. The van der Waals surface area contributed by atoms with Crippen LogP contribution in [0.2, 0.25) is 0 Å². The molecule has 1 atom stereocenters. The van der Waals surface area contributed by atoms with Gasteiger partial charge in [-0.3, -0.25) is 9.69 Å². The number of nitrogens with zero attached hydrogens (tertiary/aromatic N) is 2. The molecular weight excluding hydrogens is 380 g/mol. The number of hydrogen-bond acceptors (Lipinski definition) is 5. The molecule has 1 heterocycles. The summed E-state index contributed by atoms with van der Waals surface area (Å²) in [6.07, 6.45) is 2.51. The predicted molar refractivity (Wildman–Crippen MR) is 119 cm³/mol. The second kappa shape index (κ2) is 12.4. The molecule has 1 unspecified atom stereocenters. The highest BCUT2D eigenvalue weighted by molar-refractivity contribution is 5.69. The minimum absolute atomic E-state index is 0.0399. The van der Waals surface area contributed by atoms with Crippen LogP contribution in [0.1, 0.15) is 44.9 Å². The second-order valence-corrected chi connectivity index (χ2v) is 8.15. The van der Waals surface area contributed by atoms with Crippen LogP contribution in [0.3, 0.4) is 0 Å². The molecule has 1 aromatic carbocycles. The number of ether oxygens (including phenoxy) is 2. The second-order valence-electron chi connectivity index (χ2n) is 8.15. The first kappa shape index (κ1) is 24.0. The summed E-state index contributed by atoms with van der Waals surface area (Å²) in [5.74, 6) is 1.06. The highest BCUT2D eigenvalue weighted by Crippen LogP contribution is 2.16. The van der Waals surface area contributed by atoms with Crippen LogP contribution in [0.5, 0.6) is 5.75 Å². The molecule has 0 aliphatic rings. The van der Waals surface area contributed by atoms with Crippen molar-refractivity contribution < 1.29 is 19.4 Å². The summed E-state index contributed by atoms with van der Waals surface area (Å²) in [5.41, 5.74) is 2.35. The number of methoxy groups -OCH3 is 1. The molecule has 0 amide bonds. The average molecular weight is 417 g/mol. The van der Waals surface area contributed by atoms with Gasteiger partial charge < -0.3 is 19.1 Å². The Morgan fingerprint density at radius 2 is 2.00 bits per heavy atom. The molecule has 6 nitrogen and oxygen atoms in total. The lowest BCUT2D eigenvalue weighted by molar-refractivity contribution is -0.147. The Morgan fingerprint density at radius 1 is 1.20 bits per heavy atom. The maximum Gasteiger partial charge on any atom is 0.305 e. The van der Waals surface area contributed by atoms with Crippen LogP contribution in [0.4, 0.5) is 0 Å². The molecule has 6 heteroatoms. The molecule has 0 bridgehead atoms. The lowest BCUT2D eigenvalue weighted by atomic mass is 10.2. The molecule has 2 rings (SSSR count). The quantitative estimate of drug-likeness (QED) is 0.505. The first-order valence-corrected chi connectivity index (χ1v) is 10.7. The number of aliphatic hydroxyl groups is 1. The third-order valence-corrected chi connectivity index (χ3v) is 4.78. The molecule has 0 fully saturated rings. The van der Waals surface area contributed by atoms with Crippen LogP contribution in [0.25, 0.3) is 0 Å². The molecule has 0 aliphatic heterocycles. The maximum absolute atomic E-state index is 11.6. The van der Waals surface area contributed by atoms with Crippen LogP contribution in [0.15, 0.2) is 42.6 Å². The van der Waals surface area contributed by atoms with Crippen molar-refractivity contribution >= 4 is 5.97 Å². The molecule has 1 aromatic heterocycles. The van der Waals surface area contributed by atoms with Gasteiger partial charge in [0, 0.05) is 44.5 Å². The highest BCUT2D eigenvalue weighted by Gasteiger charge is 2.17. The minimum atomic E-state index is -0.702. The molecular formula is C24H36N2O4. The van der Waals surface area contributed by atoms with Crippen molar-refractivity contribution in [3.05, 3.63) is 53.9 Å². The smallest absolute Gasteiger partial charge is 0.305 e. The van der Waals surface area contributed by atoms with Crippen molar-refractivity contribution in [3.63, 3.8) is 0 Å². The number of esters is 1. The van der Waals surface area contributed by atoms with Gasteiger partial charge in [0.1, 0.15) is 18.5 Å². The van der Waals surface area contributed by atoms with E-state index < -0.39 is 6.10 Å². The van der Waals surface area contributed by atoms with Gasteiger partial charge in [0.15, 0.2) is 0 Å². The Morgan fingerprint density at radius 3 is 2.70 bits per heavy atom. The zero-order valence-corrected chi connectivity index (χ0v) is 18.7. The fraction of sp³-hybridized carbons (Fsp3) is 0.542. The normalized spacial score (nSPS) is 12.4. The summed E-state index contributed by atoms with van der Waals surface area (Å²) >= 11 is 0. The SMILES string of the molecule is CCCC(=O)OCC(O)CN(Cc1cccn1Cc1cccc(OC)c1)CC(C)C. The van der Waals surface area contributed by atoms with Gasteiger partial charge in [-0.1, -0.05) is 32.9 Å². The number of aliphatic hydroxyl groups excluding tert-OH is 1. The van der Waals surface area contributed by atoms with Gasteiger partial charge in [-0.25, -0.2) is 0 Å². The van der Waals surface area contributed by atoms with Crippen molar-refractivity contribution in [1.82, 2.24) is 9.47 Å². The number of carbonyl (C=O) groups excluding carboxylic acids is 1. The average Bonchev–Trinajstić information content (AvgIpc) is 3.12. The van der Waals surface area contributed by atoms with E-state index in [1.54, 1.807) is 7.11 Å². The number of aromatic nitrogens is 1. The van der Waals surface area contributed by atoms with Crippen LogP contribution in [-0.2, 0) is 22.6 Å². The molecule has 1 N–H and O–H groups in total. The van der Waals surface area contributed by atoms with Gasteiger partial charge in [-0.15, -0.1) is 0 Å². The fourth-order valence-corrected chi connectivity index (χ4v) is 3.48. The third kappa shape index (κ3) is 8.20. The molecule has 0 radical (unpaired) electrons. The van der Waals surface area contributed by atoms with Gasteiger partial charge in [0.25, 0.3) is 0 Å². The zero-order chi connectivity index (χ0) is 21.9. The monoisotopic (exact) mass is 416 g/mol. The van der Waals surface area contributed by atoms with Crippen molar-refractivity contribution in [3.8, 4) is 5.75 Å². The van der Waals surface area contributed by atoms with Gasteiger partial charge in [0.05, 0.1) is 7.11 Å². The summed E-state index contributed by atoms with van der Waals surface area (Å²) in [6, 6.07) is 12.2. The first-order valence-electron chi connectivity index (χ1n) is 10.7. The third-order valence-electron chi connectivity index (χ3n) is 4.78.